The van der Waals surface area contributed by atoms with Gasteiger partial charge in [-0.2, -0.15) is 0 Å². The van der Waals surface area contributed by atoms with E-state index in [0.29, 0.717) is 5.56 Å². The van der Waals surface area contributed by atoms with Crippen molar-refractivity contribution in [3.05, 3.63) is 76.4 Å². The van der Waals surface area contributed by atoms with E-state index in [9.17, 15) is 4.79 Å². The van der Waals surface area contributed by atoms with Gasteiger partial charge in [0.25, 0.3) is 5.91 Å². The Kier molecular flexibility index (Phi) is 6.56. The van der Waals surface area contributed by atoms with Crippen LogP contribution in [0.1, 0.15) is 45.5 Å². The number of carbonyl (C=O) groups is 1. The van der Waals surface area contributed by atoms with Crippen LogP contribution < -0.4 is 5.32 Å². The molecule has 166 valence electrons. The topological polar surface area (TPSA) is 59.4 Å². The Morgan fingerprint density at radius 2 is 1.59 bits per heavy atom. The third kappa shape index (κ3) is 4.83. The number of nitrogens with zero attached hydrogens (tertiary/aromatic N) is 2. The van der Waals surface area contributed by atoms with E-state index in [4.69, 9.17) is 5.41 Å². The van der Waals surface area contributed by atoms with Gasteiger partial charge in [-0.1, -0.05) is 24.3 Å². The van der Waals surface area contributed by atoms with Crippen molar-refractivity contribution < 1.29 is 4.79 Å². The fourth-order valence-corrected chi connectivity index (χ4v) is 4.53. The molecule has 0 spiro atoms. The van der Waals surface area contributed by atoms with Gasteiger partial charge >= 0.3 is 0 Å². The monoisotopic (exact) mass is 428 g/mol. The molecule has 1 amide bonds. The predicted molar refractivity (Wildman–Crippen MR) is 133 cm³/mol. The Morgan fingerprint density at radius 1 is 0.938 bits per heavy atom. The molecule has 2 aromatic carbocycles. The molecular weight excluding hydrogens is 396 g/mol. The second-order valence-electron chi connectivity index (χ2n) is 8.86. The summed E-state index contributed by atoms with van der Waals surface area (Å²) in [4.78, 5) is 17.2. The second-order valence-corrected chi connectivity index (χ2v) is 8.86. The highest BCUT2D eigenvalue weighted by molar-refractivity contribution is 6.04. The molecule has 0 radical (unpaired) electrons. The van der Waals surface area contributed by atoms with Crippen LogP contribution in [0.25, 0.3) is 11.1 Å². The van der Waals surface area contributed by atoms with Gasteiger partial charge in [-0.15, -0.1) is 0 Å². The molecule has 0 atom stereocenters. The number of hydrogen-bond acceptors (Lipinski definition) is 3. The minimum Gasteiger partial charge on any atom is -0.359 e. The first-order valence-electron chi connectivity index (χ1n) is 11.3. The number of nitrogens with one attached hydrogen (secondary N) is 2. The molecule has 0 saturated heterocycles. The molecule has 0 bridgehead atoms. The van der Waals surface area contributed by atoms with Crippen LogP contribution in [0.15, 0.2) is 48.6 Å². The van der Waals surface area contributed by atoms with Gasteiger partial charge in [-0.05, 0) is 91.4 Å². The van der Waals surface area contributed by atoms with Crippen LogP contribution in [-0.2, 0) is 0 Å². The zero-order chi connectivity index (χ0) is 22.7. The van der Waals surface area contributed by atoms with Crippen molar-refractivity contribution in [2.24, 2.45) is 0 Å². The second kappa shape index (κ2) is 9.53. The highest BCUT2D eigenvalue weighted by Crippen LogP contribution is 2.28. The lowest BCUT2D eigenvalue weighted by atomic mass is 9.94. The summed E-state index contributed by atoms with van der Waals surface area (Å²) < 4.78 is 0. The minimum atomic E-state index is -0.0853. The number of carbonyl (C=O) groups excluding carboxylic acids is 1. The Balaban J connectivity index is 1.46. The van der Waals surface area contributed by atoms with Crippen LogP contribution in [0.5, 0.6) is 0 Å². The van der Waals surface area contributed by atoms with Gasteiger partial charge in [-0.3, -0.25) is 10.2 Å². The molecule has 5 heteroatoms. The van der Waals surface area contributed by atoms with Crippen LogP contribution in [0, 0.1) is 19.3 Å². The Morgan fingerprint density at radius 3 is 2.16 bits per heavy atom. The van der Waals surface area contributed by atoms with Gasteiger partial charge < -0.3 is 15.1 Å². The van der Waals surface area contributed by atoms with E-state index in [2.05, 4.69) is 61.5 Å². The smallest absolute Gasteiger partial charge is 0.255 e. The van der Waals surface area contributed by atoms with E-state index in [1.54, 1.807) is 0 Å². The Labute approximate surface area is 190 Å². The van der Waals surface area contributed by atoms with Gasteiger partial charge in [-0.25, -0.2) is 0 Å². The molecular formula is C27H32N4O. The molecule has 0 aliphatic carbocycles. The lowest BCUT2D eigenvalue weighted by Gasteiger charge is -2.24. The summed E-state index contributed by atoms with van der Waals surface area (Å²) in [6, 6.07) is 12.1. The fraction of sp³-hybridized carbons (Fsp3) is 0.333. The molecule has 0 aromatic heterocycles. The van der Waals surface area contributed by atoms with Crippen molar-refractivity contribution >= 4 is 29.1 Å². The summed E-state index contributed by atoms with van der Waals surface area (Å²) in [6.45, 7) is 7.87. The summed E-state index contributed by atoms with van der Waals surface area (Å²) in [5.74, 6) is -0.0853. The van der Waals surface area contributed by atoms with E-state index in [-0.39, 0.29) is 5.91 Å². The average Bonchev–Trinajstić information content (AvgIpc) is 2.80. The summed E-state index contributed by atoms with van der Waals surface area (Å²) in [7, 11) is 2.14. The van der Waals surface area contributed by atoms with Crippen LogP contribution in [-0.4, -0.2) is 55.3 Å². The molecule has 2 aliphatic rings. The number of rotatable bonds is 5. The van der Waals surface area contributed by atoms with Crippen LogP contribution >= 0.6 is 0 Å². The average molecular weight is 429 g/mol. The Bertz CT molecular complexity index is 1100. The Hall–Kier alpha value is -3.18. The molecule has 2 aliphatic heterocycles. The molecule has 5 nitrogen and oxygen atoms in total. The highest BCUT2D eigenvalue weighted by atomic mass is 16.1. The molecule has 0 unspecified atom stereocenters. The van der Waals surface area contributed by atoms with Gasteiger partial charge in [0.1, 0.15) is 0 Å². The van der Waals surface area contributed by atoms with Crippen LogP contribution in [0.3, 0.4) is 0 Å². The number of likely N-dealkylation sites (N-methyl/N-ethyl adjacent to an activating group) is 1. The normalized spacial score (nSPS) is 16.9. The predicted octanol–water partition coefficient (Wildman–Crippen LogP) is 4.97. The summed E-state index contributed by atoms with van der Waals surface area (Å²) in [5.41, 5.74) is 8.95. The standard InChI is InChI=1S/C27H32N4O/c1-19-16-23(4-6-25(19)22-10-14-31(18-28)15-11-22)27(32)29-24-5-7-26(20(2)17-24)21-8-12-30(3)13-9-21/h4-8,10,16-18,28H,9,11-15H2,1-3H3,(H,29,32). The van der Waals surface area contributed by atoms with E-state index in [1.807, 2.05) is 23.1 Å². The zero-order valence-corrected chi connectivity index (χ0v) is 19.2. The van der Waals surface area contributed by atoms with E-state index in [0.717, 1.165) is 50.3 Å². The van der Waals surface area contributed by atoms with E-state index in [1.165, 1.54) is 34.2 Å². The molecule has 2 N–H and O–H groups in total. The van der Waals surface area contributed by atoms with Crippen molar-refractivity contribution in [1.82, 2.24) is 9.80 Å². The lowest BCUT2D eigenvalue weighted by Crippen LogP contribution is -2.26. The van der Waals surface area contributed by atoms with Crippen LogP contribution in [0.4, 0.5) is 5.69 Å². The SMILES string of the molecule is Cc1cc(NC(=O)c2ccc(C3=CCN(C=N)CC3)c(C)c2)ccc1C1=CCN(C)CC1. The quantitative estimate of drug-likeness (QED) is 0.522. The van der Waals surface area contributed by atoms with E-state index < -0.39 is 0 Å². The third-order valence-electron chi connectivity index (χ3n) is 6.50. The third-order valence-corrected chi connectivity index (χ3v) is 6.50. The zero-order valence-electron chi connectivity index (χ0n) is 19.2. The van der Waals surface area contributed by atoms with E-state index >= 15 is 0 Å². The maximum atomic E-state index is 12.9. The van der Waals surface area contributed by atoms with Crippen molar-refractivity contribution in [2.75, 3.05) is 38.5 Å². The maximum absolute atomic E-state index is 12.9. The molecule has 4 rings (SSSR count). The first kappa shape index (κ1) is 22.0. The summed E-state index contributed by atoms with van der Waals surface area (Å²) >= 11 is 0. The lowest BCUT2D eigenvalue weighted by molar-refractivity contribution is 0.102. The number of benzene rings is 2. The first-order chi connectivity index (χ1) is 15.4. The summed E-state index contributed by atoms with van der Waals surface area (Å²) in [6.07, 6.45) is 7.86. The maximum Gasteiger partial charge on any atom is 0.255 e. The molecule has 32 heavy (non-hydrogen) atoms. The van der Waals surface area contributed by atoms with Gasteiger partial charge in [0.05, 0.1) is 6.34 Å². The highest BCUT2D eigenvalue weighted by Gasteiger charge is 2.15. The number of hydrogen-bond donors (Lipinski definition) is 2. The molecule has 2 heterocycles. The van der Waals surface area contributed by atoms with Crippen molar-refractivity contribution in [3.63, 3.8) is 0 Å². The first-order valence-corrected chi connectivity index (χ1v) is 11.3. The van der Waals surface area contributed by atoms with Gasteiger partial charge in [0.15, 0.2) is 0 Å². The van der Waals surface area contributed by atoms with Crippen LogP contribution in [0.2, 0.25) is 0 Å². The molecule has 2 aromatic rings. The van der Waals surface area contributed by atoms with Crippen molar-refractivity contribution in [2.45, 2.75) is 26.7 Å². The van der Waals surface area contributed by atoms with Crippen molar-refractivity contribution in [1.29, 1.82) is 5.41 Å². The van der Waals surface area contributed by atoms with Gasteiger partial charge in [0.2, 0.25) is 0 Å². The minimum absolute atomic E-state index is 0.0853. The number of amides is 1. The fourth-order valence-electron chi connectivity index (χ4n) is 4.53. The molecule has 0 saturated carbocycles. The summed E-state index contributed by atoms with van der Waals surface area (Å²) in [5, 5.41) is 10.4. The van der Waals surface area contributed by atoms with Gasteiger partial charge in [0, 0.05) is 37.4 Å². The molecule has 0 fully saturated rings. The van der Waals surface area contributed by atoms with Crippen molar-refractivity contribution in [3.8, 4) is 0 Å². The largest absolute Gasteiger partial charge is 0.359 e. The number of aryl methyl sites for hydroxylation is 2. The number of anilines is 1.